The van der Waals surface area contributed by atoms with Crippen molar-refractivity contribution in [2.75, 3.05) is 13.2 Å². The topological polar surface area (TPSA) is 149 Å². The van der Waals surface area contributed by atoms with E-state index < -0.39 is 49.5 Å². The molecule has 0 aromatic carbocycles. The second-order valence-electron chi connectivity index (χ2n) is 13.0. The first-order valence-corrected chi connectivity index (χ1v) is 18.4. The van der Waals surface area contributed by atoms with E-state index >= 15 is 0 Å². The van der Waals surface area contributed by atoms with Crippen LogP contribution in [0.2, 0.25) is 0 Å². The van der Waals surface area contributed by atoms with Gasteiger partial charge in [0, 0.05) is 6.42 Å². The third-order valence-corrected chi connectivity index (χ3v) is 8.86. The van der Waals surface area contributed by atoms with Crippen LogP contribution in [0.3, 0.4) is 0 Å². The molecule has 1 rings (SSSR count). The molecule has 9 heteroatoms. The Labute approximate surface area is 274 Å². The minimum Gasteiger partial charge on any atom is -0.394 e. The van der Waals surface area contributed by atoms with Crippen LogP contribution in [0.5, 0.6) is 0 Å². The maximum absolute atomic E-state index is 12.8. The first-order chi connectivity index (χ1) is 21.8. The number of hydrogen-bond donors (Lipinski definition) is 6. The molecule has 45 heavy (non-hydrogen) atoms. The Balaban J connectivity index is 2.49. The number of aliphatic hydroxyl groups excluding tert-OH is 5. The van der Waals surface area contributed by atoms with E-state index in [-0.39, 0.29) is 12.5 Å². The summed E-state index contributed by atoms with van der Waals surface area (Å²) < 4.78 is 11.1. The molecule has 0 radical (unpaired) electrons. The minimum atomic E-state index is -1.56. The number of allylic oxidation sites excluding steroid dienone is 1. The molecule has 1 amide bonds. The van der Waals surface area contributed by atoms with Gasteiger partial charge in [-0.05, 0) is 19.3 Å². The molecule has 1 aliphatic rings. The molecule has 6 N–H and O–H groups in total. The number of rotatable bonds is 29. The van der Waals surface area contributed by atoms with Gasteiger partial charge in [-0.2, -0.15) is 0 Å². The van der Waals surface area contributed by atoms with E-state index in [2.05, 4.69) is 19.2 Å². The molecular weight excluding hydrogens is 574 g/mol. The first-order valence-electron chi connectivity index (χ1n) is 18.4. The van der Waals surface area contributed by atoms with Crippen molar-refractivity contribution >= 4 is 5.91 Å². The Kier molecular flexibility index (Phi) is 26.1. The lowest BCUT2D eigenvalue weighted by atomic mass is 9.99. The van der Waals surface area contributed by atoms with Gasteiger partial charge >= 0.3 is 0 Å². The van der Waals surface area contributed by atoms with Gasteiger partial charge in [-0.3, -0.25) is 4.79 Å². The van der Waals surface area contributed by atoms with Gasteiger partial charge in [0.2, 0.25) is 5.91 Å². The predicted octanol–water partition coefficient (Wildman–Crippen LogP) is 5.83. The van der Waals surface area contributed by atoms with E-state index in [0.29, 0.717) is 6.42 Å². The van der Waals surface area contributed by atoms with Crippen LogP contribution in [0.4, 0.5) is 0 Å². The van der Waals surface area contributed by atoms with Crippen molar-refractivity contribution in [3.05, 3.63) is 12.2 Å². The van der Waals surface area contributed by atoms with E-state index in [4.69, 9.17) is 9.47 Å². The highest BCUT2D eigenvalue weighted by Crippen LogP contribution is 2.22. The number of hydrogen-bond acceptors (Lipinski definition) is 8. The van der Waals surface area contributed by atoms with Gasteiger partial charge in [-0.25, -0.2) is 0 Å². The first kappa shape index (κ1) is 42.0. The molecule has 266 valence electrons. The lowest BCUT2D eigenvalue weighted by Gasteiger charge is -2.40. The number of amides is 1. The van der Waals surface area contributed by atoms with E-state index in [1.807, 2.05) is 6.08 Å². The van der Waals surface area contributed by atoms with Gasteiger partial charge < -0.3 is 40.3 Å². The number of carbonyl (C=O) groups excluding carboxylic acids is 1. The summed E-state index contributed by atoms with van der Waals surface area (Å²) in [6.45, 7) is 3.72. The smallest absolute Gasteiger partial charge is 0.220 e. The molecule has 0 saturated carbocycles. The summed E-state index contributed by atoms with van der Waals surface area (Å²) in [6.07, 6.45) is 21.1. The van der Waals surface area contributed by atoms with Gasteiger partial charge in [-0.1, -0.05) is 142 Å². The predicted molar refractivity (Wildman–Crippen MR) is 180 cm³/mol. The Hall–Kier alpha value is -1.07. The number of carbonyl (C=O) groups is 1. The van der Waals surface area contributed by atoms with E-state index in [1.54, 1.807) is 6.08 Å². The van der Waals surface area contributed by atoms with Crippen molar-refractivity contribution < 1.29 is 39.8 Å². The molecule has 1 aliphatic heterocycles. The zero-order valence-corrected chi connectivity index (χ0v) is 28.6. The number of aliphatic hydroxyl groups is 5. The van der Waals surface area contributed by atoms with Gasteiger partial charge in [0.05, 0.1) is 25.4 Å². The molecule has 1 fully saturated rings. The Bertz CT molecular complexity index is 721. The van der Waals surface area contributed by atoms with Gasteiger partial charge in [0.15, 0.2) is 6.29 Å². The zero-order chi connectivity index (χ0) is 33.1. The second-order valence-corrected chi connectivity index (χ2v) is 13.0. The summed E-state index contributed by atoms with van der Waals surface area (Å²) in [6, 6.07) is -0.794. The maximum Gasteiger partial charge on any atom is 0.220 e. The number of ether oxygens (including phenoxy) is 2. The fraction of sp³-hybridized carbons (Fsp3) is 0.917. The molecule has 0 spiro atoms. The van der Waals surface area contributed by atoms with Crippen LogP contribution in [0, 0.1) is 0 Å². The average Bonchev–Trinajstić information content (AvgIpc) is 3.04. The Morgan fingerprint density at radius 3 is 1.73 bits per heavy atom. The van der Waals surface area contributed by atoms with Crippen molar-refractivity contribution in [2.45, 2.75) is 198 Å². The molecule has 2 unspecified atom stereocenters. The molecular formula is C36H69NO8. The Morgan fingerprint density at radius 1 is 0.733 bits per heavy atom. The minimum absolute atomic E-state index is 0.181. The normalized spacial score (nSPS) is 23.4. The quantitative estimate of drug-likeness (QED) is 0.0441. The van der Waals surface area contributed by atoms with Crippen LogP contribution in [-0.2, 0) is 14.3 Å². The highest BCUT2D eigenvalue weighted by atomic mass is 16.7. The molecule has 9 nitrogen and oxygen atoms in total. The molecule has 0 aromatic heterocycles. The second kappa shape index (κ2) is 28.0. The van der Waals surface area contributed by atoms with Crippen molar-refractivity contribution in [3.63, 3.8) is 0 Å². The number of unbranched alkanes of at least 4 members (excludes halogenated alkanes) is 19. The average molecular weight is 644 g/mol. The highest BCUT2D eigenvalue weighted by molar-refractivity contribution is 5.76. The van der Waals surface area contributed by atoms with E-state index in [1.165, 1.54) is 96.3 Å². The fourth-order valence-corrected chi connectivity index (χ4v) is 5.80. The zero-order valence-electron chi connectivity index (χ0n) is 28.6. The molecule has 1 heterocycles. The van der Waals surface area contributed by atoms with Crippen molar-refractivity contribution in [1.82, 2.24) is 5.32 Å². The molecule has 0 aliphatic carbocycles. The van der Waals surface area contributed by atoms with Gasteiger partial charge in [-0.15, -0.1) is 0 Å². The largest absolute Gasteiger partial charge is 0.394 e. The lowest BCUT2D eigenvalue weighted by molar-refractivity contribution is -0.302. The molecule has 1 saturated heterocycles. The summed E-state index contributed by atoms with van der Waals surface area (Å²) in [5.74, 6) is -0.181. The summed E-state index contributed by atoms with van der Waals surface area (Å²) in [4.78, 5) is 12.8. The van der Waals surface area contributed by atoms with Crippen LogP contribution >= 0.6 is 0 Å². The molecule has 7 atom stereocenters. The summed E-state index contributed by atoms with van der Waals surface area (Å²) in [7, 11) is 0. The van der Waals surface area contributed by atoms with Crippen molar-refractivity contribution in [3.8, 4) is 0 Å². The maximum atomic E-state index is 12.8. The number of nitrogens with one attached hydrogen (secondary N) is 1. The van der Waals surface area contributed by atoms with Crippen LogP contribution in [0.1, 0.15) is 155 Å². The van der Waals surface area contributed by atoms with E-state index in [0.717, 1.165) is 38.5 Å². The van der Waals surface area contributed by atoms with E-state index in [9.17, 15) is 30.3 Å². The third kappa shape index (κ3) is 20.0. The van der Waals surface area contributed by atoms with Crippen LogP contribution < -0.4 is 5.32 Å². The van der Waals surface area contributed by atoms with Crippen molar-refractivity contribution in [2.24, 2.45) is 0 Å². The SMILES string of the molecule is CCCCCCCCCCC/C=C/[C@@H](O)[C@H](CO[C@@H]1O[C@H](CO)[C@@H](O)C(O)C1O)NC(=O)CCCCCCCCCCCCC. The highest BCUT2D eigenvalue weighted by Gasteiger charge is 2.44. The monoisotopic (exact) mass is 644 g/mol. The Morgan fingerprint density at radius 2 is 1.22 bits per heavy atom. The molecule has 0 aromatic rings. The third-order valence-electron chi connectivity index (χ3n) is 8.86. The van der Waals surface area contributed by atoms with Crippen LogP contribution in [0.15, 0.2) is 12.2 Å². The van der Waals surface area contributed by atoms with Crippen LogP contribution in [0.25, 0.3) is 0 Å². The van der Waals surface area contributed by atoms with Gasteiger partial charge in [0.1, 0.15) is 24.4 Å². The van der Waals surface area contributed by atoms with Crippen molar-refractivity contribution in [1.29, 1.82) is 0 Å². The van der Waals surface area contributed by atoms with Crippen LogP contribution in [-0.4, -0.2) is 87.5 Å². The fourth-order valence-electron chi connectivity index (χ4n) is 5.80. The van der Waals surface area contributed by atoms with Gasteiger partial charge in [0.25, 0.3) is 0 Å². The summed E-state index contributed by atoms with van der Waals surface area (Å²) in [5, 5.41) is 53.7. The summed E-state index contributed by atoms with van der Waals surface area (Å²) in [5.41, 5.74) is 0. The lowest BCUT2D eigenvalue weighted by Crippen LogP contribution is -2.60. The standard InChI is InChI=1S/C36H69NO8/c1-3-5-7-9-11-13-15-17-19-21-23-25-30(39)29(28-44-36-35(43)34(42)33(41)31(27-38)45-36)37-32(40)26-24-22-20-18-16-14-12-10-8-6-4-2/h23,25,29-31,33-36,38-39,41-43H,3-22,24,26-28H2,1-2H3,(H,37,40)/b25-23+/t29-,30+,31+,33+,34?,35?,36+/m0/s1. The molecule has 0 bridgehead atoms. The summed E-state index contributed by atoms with van der Waals surface area (Å²) >= 11 is 0.